The smallest absolute Gasteiger partial charge is 0.320 e. The van der Waals surface area contributed by atoms with Crippen LogP contribution >= 0.6 is 0 Å². The molecule has 2 aliphatic rings. The molecule has 144 valence electrons. The Morgan fingerprint density at radius 1 is 1.27 bits per heavy atom. The topological polar surface area (TPSA) is 98.7 Å². The molecule has 2 heterocycles. The van der Waals surface area contributed by atoms with Gasteiger partial charge in [-0.05, 0) is 51.1 Å². The van der Waals surface area contributed by atoms with Crippen LogP contribution in [0.1, 0.15) is 38.5 Å². The van der Waals surface area contributed by atoms with Gasteiger partial charge in [0.1, 0.15) is 5.92 Å². The van der Waals surface area contributed by atoms with Gasteiger partial charge in [-0.15, -0.1) is 6.42 Å². The maximum absolute atomic E-state index is 12.5. The maximum Gasteiger partial charge on any atom is 0.320 e. The highest BCUT2D eigenvalue weighted by atomic mass is 16.4. The lowest BCUT2D eigenvalue weighted by molar-refractivity contribution is -0.139. The standard InChI is InChI=1S/C19H29N3O4/c1-2-15(19(25)26)12-21-18(24)16-4-3-11-22(13-16)17(23)6-5-14-7-9-20-10-8-14/h1,14-16,20H,3-13H2,(H,21,24)(H,25,26)/t15-,16+/m1/s1. The molecular weight excluding hydrogens is 334 g/mol. The van der Waals surface area contributed by atoms with Crippen molar-refractivity contribution in [1.82, 2.24) is 15.5 Å². The third-order valence-corrected chi connectivity index (χ3v) is 5.35. The number of nitrogens with one attached hydrogen (secondary N) is 2. The van der Waals surface area contributed by atoms with Crippen LogP contribution in [0.3, 0.4) is 0 Å². The second kappa shape index (κ2) is 10.2. The van der Waals surface area contributed by atoms with Gasteiger partial charge in [0.15, 0.2) is 0 Å². The van der Waals surface area contributed by atoms with Crippen molar-refractivity contribution >= 4 is 17.8 Å². The highest BCUT2D eigenvalue weighted by Crippen LogP contribution is 2.21. The number of aliphatic carboxylic acids is 1. The largest absolute Gasteiger partial charge is 0.480 e. The van der Waals surface area contributed by atoms with Crippen molar-refractivity contribution in [3.05, 3.63) is 0 Å². The SMILES string of the molecule is C#C[C@H](CNC(=O)[C@H]1CCCN(C(=O)CCC2CCNCC2)C1)C(=O)O. The summed E-state index contributed by atoms with van der Waals surface area (Å²) in [6.07, 6.45) is 10.3. The van der Waals surface area contributed by atoms with Gasteiger partial charge in [-0.1, -0.05) is 5.92 Å². The van der Waals surface area contributed by atoms with Gasteiger partial charge in [-0.3, -0.25) is 14.4 Å². The van der Waals surface area contributed by atoms with Crippen molar-refractivity contribution in [2.45, 2.75) is 38.5 Å². The number of nitrogens with zero attached hydrogens (tertiary/aromatic N) is 1. The van der Waals surface area contributed by atoms with Gasteiger partial charge >= 0.3 is 5.97 Å². The van der Waals surface area contributed by atoms with E-state index in [1.165, 1.54) is 0 Å². The molecule has 2 saturated heterocycles. The maximum atomic E-state index is 12.5. The van der Waals surface area contributed by atoms with Crippen LogP contribution in [0.5, 0.6) is 0 Å². The lowest BCUT2D eigenvalue weighted by atomic mass is 9.92. The number of amides is 2. The second-order valence-corrected chi connectivity index (χ2v) is 7.21. The minimum atomic E-state index is -1.12. The predicted molar refractivity (Wildman–Crippen MR) is 97.1 cm³/mol. The number of carboxylic acids is 1. The van der Waals surface area contributed by atoms with E-state index in [9.17, 15) is 14.4 Å². The van der Waals surface area contributed by atoms with Crippen molar-refractivity contribution in [2.24, 2.45) is 17.8 Å². The third-order valence-electron chi connectivity index (χ3n) is 5.35. The van der Waals surface area contributed by atoms with Crippen LogP contribution in [0.25, 0.3) is 0 Å². The van der Waals surface area contributed by atoms with Crippen molar-refractivity contribution < 1.29 is 19.5 Å². The Morgan fingerprint density at radius 3 is 2.65 bits per heavy atom. The van der Waals surface area contributed by atoms with Crippen LogP contribution in [0.4, 0.5) is 0 Å². The molecular formula is C19H29N3O4. The van der Waals surface area contributed by atoms with Crippen molar-refractivity contribution in [1.29, 1.82) is 0 Å². The number of rotatable bonds is 7. The molecule has 2 amide bonds. The van der Waals surface area contributed by atoms with Crippen LogP contribution < -0.4 is 10.6 Å². The van der Waals surface area contributed by atoms with Crippen molar-refractivity contribution in [3.8, 4) is 12.3 Å². The number of carbonyl (C=O) groups is 3. The van der Waals surface area contributed by atoms with Gasteiger partial charge in [-0.2, -0.15) is 0 Å². The lowest BCUT2D eigenvalue weighted by Crippen LogP contribution is -2.46. The second-order valence-electron chi connectivity index (χ2n) is 7.21. The molecule has 0 aromatic rings. The summed E-state index contributed by atoms with van der Waals surface area (Å²) in [6, 6.07) is 0. The molecule has 26 heavy (non-hydrogen) atoms. The first-order valence-electron chi connectivity index (χ1n) is 9.46. The molecule has 2 rings (SSSR count). The molecule has 0 radical (unpaired) electrons. The predicted octanol–water partition coefficient (Wildman–Crippen LogP) is 0.455. The van der Waals surface area contributed by atoms with E-state index in [4.69, 9.17) is 11.5 Å². The van der Waals surface area contributed by atoms with E-state index in [1.54, 1.807) is 4.90 Å². The van der Waals surface area contributed by atoms with E-state index >= 15 is 0 Å². The Morgan fingerprint density at radius 2 is 2.00 bits per heavy atom. The van der Waals surface area contributed by atoms with Gasteiger partial charge in [0.05, 0.1) is 5.92 Å². The fourth-order valence-electron chi connectivity index (χ4n) is 3.64. The Bertz CT molecular complexity index is 551. The quantitative estimate of drug-likeness (QED) is 0.571. The summed E-state index contributed by atoms with van der Waals surface area (Å²) in [5, 5.41) is 14.9. The zero-order valence-corrected chi connectivity index (χ0v) is 15.2. The third kappa shape index (κ3) is 6.03. The fraction of sp³-hybridized carbons (Fsp3) is 0.737. The minimum absolute atomic E-state index is 0.0785. The van der Waals surface area contributed by atoms with Crippen molar-refractivity contribution in [2.75, 3.05) is 32.7 Å². The zero-order chi connectivity index (χ0) is 18.9. The van der Waals surface area contributed by atoms with E-state index in [-0.39, 0.29) is 24.3 Å². The van der Waals surface area contributed by atoms with Gasteiger partial charge in [0.2, 0.25) is 11.8 Å². The average Bonchev–Trinajstić information content (AvgIpc) is 2.67. The summed E-state index contributed by atoms with van der Waals surface area (Å²) in [5.41, 5.74) is 0. The highest BCUT2D eigenvalue weighted by Gasteiger charge is 2.29. The summed E-state index contributed by atoms with van der Waals surface area (Å²) in [6.45, 7) is 3.08. The van der Waals surface area contributed by atoms with Gasteiger partial charge in [0.25, 0.3) is 0 Å². The highest BCUT2D eigenvalue weighted by molar-refractivity contribution is 5.82. The van der Waals surface area contributed by atoms with Gasteiger partial charge in [0, 0.05) is 26.1 Å². The summed E-state index contributed by atoms with van der Waals surface area (Å²) >= 11 is 0. The molecule has 0 aromatic heterocycles. The molecule has 0 spiro atoms. The summed E-state index contributed by atoms with van der Waals surface area (Å²) in [7, 11) is 0. The van der Waals surface area contributed by atoms with Crippen LogP contribution in [-0.4, -0.2) is 60.5 Å². The van der Waals surface area contributed by atoms with E-state index < -0.39 is 11.9 Å². The summed E-state index contributed by atoms with van der Waals surface area (Å²) in [4.78, 5) is 37.5. The van der Waals surface area contributed by atoms with Crippen LogP contribution in [0, 0.1) is 30.1 Å². The van der Waals surface area contributed by atoms with E-state index in [0.29, 0.717) is 31.8 Å². The molecule has 0 bridgehead atoms. The molecule has 2 fully saturated rings. The van der Waals surface area contributed by atoms with E-state index in [2.05, 4.69) is 16.6 Å². The Kier molecular flexibility index (Phi) is 7.92. The number of piperidine rings is 2. The summed E-state index contributed by atoms with van der Waals surface area (Å²) < 4.78 is 0. The monoisotopic (exact) mass is 363 g/mol. The fourth-order valence-corrected chi connectivity index (χ4v) is 3.64. The first-order chi connectivity index (χ1) is 12.5. The summed E-state index contributed by atoms with van der Waals surface area (Å²) in [5.74, 6) is 0.227. The molecule has 0 unspecified atom stereocenters. The number of hydrogen-bond donors (Lipinski definition) is 3. The van der Waals surface area contributed by atoms with Crippen molar-refractivity contribution in [3.63, 3.8) is 0 Å². The Labute approximate surface area is 154 Å². The first-order valence-corrected chi connectivity index (χ1v) is 9.46. The minimum Gasteiger partial charge on any atom is -0.480 e. The Balaban J connectivity index is 1.76. The normalized spacial score (nSPS) is 22.3. The number of hydrogen-bond acceptors (Lipinski definition) is 4. The number of carboxylic acid groups (broad SMARTS) is 1. The number of likely N-dealkylation sites (tertiary alicyclic amines) is 1. The van der Waals surface area contributed by atoms with Gasteiger partial charge < -0.3 is 20.6 Å². The number of carbonyl (C=O) groups excluding carboxylic acids is 2. The van der Waals surface area contributed by atoms with E-state index in [1.807, 2.05) is 0 Å². The molecule has 3 N–H and O–H groups in total. The molecule has 0 saturated carbocycles. The molecule has 7 heteroatoms. The number of terminal acetylenes is 1. The Hall–Kier alpha value is -2.07. The zero-order valence-electron chi connectivity index (χ0n) is 15.2. The average molecular weight is 363 g/mol. The van der Waals surface area contributed by atoms with E-state index in [0.717, 1.165) is 38.8 Å². The molecule has 7 nitrogen and oxygen atoms in total. The van der Waals surface area contributed by atoms with Gasteiger partial charge in [-0.25, -0.2) is 0 Å². The molecule has 0 aromatic carbocycles. The van der Waals surface area contributed by atoms with Crippen LogP contribution in [-0.2, 0) is 14.4 Å². The molecule has 2 atom stereocenters. The molecule has 2 aliphatic heterocycles. The lowest BCUT2D eigenvalue weighted by Gasteiger charge is -2.33. The van der Waals surface area contributed by atoms with Crippen LogP contribution in [0.2, 0.25) is 0 Å². The van der Waals surface area contributed by atoms with Crippen LogP contribution in [0.15, 0.2) is 0 Å². The first kappa shape index (κ1) is 20.2. The molecule has 0 aliphatic carbocycles.